The SMILES string of the molecule is C[CH]CC(O)CO. The van der Waals surface area contributed by atoms with Crippen LogP contribution in [0.2, 0.25) is 0 Å². The summed E-state index contributed by atoms with van der Waals surface area (Å²) in [6.45, 7) is 1.71. The maximum absolute atomic E-state index is 8.58. The summed E-state index contributed by atoms with van der Waals surface area (Å²) >= 11 is 0. The molecule has 2 heteroatoms. The van der Waals surface area contributed by atoms with Gasteiger partial charge in [-0.05, 0) is 12.8 Å². The van der Waals surface area contributed by atoms with Gasteiger partial charge in [0.15, 0.2) is 0 Å². The van der Waals surface area contributed by atoms with Crippen LogP contribution < -0.4 is 0 Å². The predicted molar refractivity (Wildman–Crippen MR) is 27.7 cm³/mol. The van der Waals surface area contributed by atoms with Crippen molar-refractivity contribution in [3.05, 3.63) is 6.42 Å². The molecule has 0 aromatic carbocycles. The molecule has 2 nitrogen and oxygen atoms in total. The summed E-state index contributed by atoms with van der Waals surface area (Å²) in [6.07, 6.45) is 1.85. The van der Waals surface area contributed by atoms with Gasteiger partial charge in [-0.1, -0.05) is 6.92 Å². The van der Waals surface area contributed by atoms with E-state index in [1.807, 2.05) is 13.3 Å². The van der Waals surface area contributed by atoms with Gasteiger partial charge in [0.25, 0.3) is 0 Å². The molecule has 43 valence electrons. The summed E-state index contributed by atoms with van der Waals surface area (Å²) in [5.41, 5.74) is 0. The summed E-state index contributed by atoms with van der Waals surface area (Å²) in [5, 5.41) is 16.8. The van der Waals surface area contributed by atoms with Crippen LogP contribution in [0.25, 0.3) is 0 Å². The molecule has 0 amide bonds. The Morgan fingerprint density at radius 2 is 2.29 bits per heavy atom. The van der Waals surface area contributed by atoms with Crippen LogP contribution in [-0.4, -0.2) is 22.9 Å². The van der Waals surface area contributed by atoms with E-state index >= 15 is 0 Å². The lowest BCUT2D eigenvalue weighted by molar-refractivity contribution is 0.0948. The Bertz CT molecular complexity index is 37.1. The molecule has 0 fully saturated rings. The Kier molecular flexibility index (Phi) is 4.04. The van der Waals surface area contributed by atoms with E-state index in [2.05, 4.69) is 0 Å². The molecular weight excluding hydrogens is 92.1 g/mol. The summed E-state index contributed by atoms with van der Waals surface area (Å²) in [7, 11) is 0. The van der Waals surface area contributed by atoms with Crippen molar-refractivity contribution in [2.75, 3.05) is 6.61 Å². The van der Waals surface area contributed by atoms with Crippen LogP contribution in [0.4, 0.5) is 0 Å². The van der Waals surface area contributed by atoms with Crippen molar-refractivity contribution >= 4 is 0 Å². The Balaban J connectivity index is 2.83. The number of aliphatic hydroxyl groups is 2. The molecule has 1 atom stereocenters. The van der Waals surface area contributed by atoms with E-state index < -0.39 is 6.10 Å². The summed E-state index contributed by atoms with van der Waals surface area (Å²) < 4.78 is 0. The summed E-state index contributed by atoms with van der Waals surface area (Å²) in [4.78, 5) is 0. The van der Waals surface area contributed by atoms with Crippen molar-refractivity contribution in [2.45, 2.75) is 19.4 Å². The largest absolute Gasteiger partial charge is 0.394 e. The first-order valence-corrected chi connectivity index (χ1v) is 2.38. The van der Waals surface area contributed by atoms with Crippen molar-refractivity contribution in [2.24, 2.45) is 0 Å². The van der Waals surface area contributed by atoms with Crippen LogP contribution in [0, 0.1) is 6.42 Å². The van der Waals surface area contributed by atoms with E-state index in [0.717, 1.165) is 0 Å². The van der Waals surface area contributed by atoms with E-state index in [9.17, 15) is 0 Å². The zero-order chi connectivity index (χ0) is 5.70. The molecule has 0 spiro atoms. The Morgan fingerprint density at radius 3 is 2.43 bits per heavy atom. The Labute approximate surface area is 43.8 Å². The van der Waals surface area contributed by atoms with Gasteiger partial charge in [0.2, 0.25) is 0 Å². The Hall–Kier alpha value is -0.0800. The van der Waals surface area contributed by atoms with Crippen LogP contribution in [0.15, 0.2) is 0 Å². The lowest BCUT2D eigenvalue weighted by atomic mass is 10.2. The molecule has 0 saturated carbocycles. The molecular formula is C5H11O2. The molecule has 0 bridgehead atoms. The quantitative estimate of drug-likeness (QED) is 0.526. The molecule has 0 aliphatic heterocycles. The summed E-state index contributed by atoms with van der Waals surface area (Å²) in [6, 6.07) is 0. The minimum absolute atomic E-state index is 0.135. The average Bonchev–Trinajstić information content (AvgIpc) is 1.68. The molecule has 0 rings (SSSR count). The molecule has 0 saturated heterocycles. The highest BCUT2D eigenvalue weighted by Gasteiger charge is 1.96. The van der Waals surface area contributed by atoms with Gasteiger partial charge in [0.05, 0.1) is 12.7 Å². The minimum atomic E-state index is -0.551. The lowest BCUT2D eigenvalue weighted by Crippen LogP contribution is -2.10. The third-order valence-electron chi connectivity index (χ3n) is 0.719. The molecule has 2 N–H and O–H groups in total. The fraction of sp³-hybridized carbons (Fsp3) is 0.800. The lowest BCUT2D eigenvalue weighted by Gasteiger charge is -2.00. The van der Waals surface area contributed by atoms with Gasteiger partial charge in [-0.25, -0.2) is 0 Å². The van der Waals surface area contributed by atoms with Gasteiger partial charge in [0, 0.05) is 0 Å². The van der Waals surface area contributed by atoms with Crippen LogP contribution in [0.5, 0.6) is 0 Å². The maximum atomic E-state index is 8.58. The van der Waals surface area contributed by atoms with Gasteiger partial charge in [-0.3, -0.25) is 0 Å². The molecule has 0 aromatic rings. The highest BCUT2D eigenvalue weighted by Crippen LogP contribution is 1.90. The fourth-order valence-electron chi connectivity index (χ4n) is 0.347. The second-order valence-corrected chi connectivity index (χ2v) is 1.48. The number of rotatable bonds is 3. The molecule has 0 aliphatic carbocycles. The number of aliphatic hydroxyl groups excluding tert-OH is 2. The minimum Gasteiger partial charge on any atom is -0.394 e. The Morgan fingerprint density at radius 1 is 1.71 bits per heavy atom. The van der Waals surface area contributed by atoms with Gasteiger partial charge in [-0.2, -0.15) is 0 Å². The molecule has 0 aromatic heterocycles. The van der Waals surface area contributed by atoms with E-state index in [4.69, 9.17) is 10.2 Å². The molecule has 0 aliphatic rings. The van der Waals surface area contributed by atoms with Crippen molar-refractivity contribution in [3.8, 4) is 0 Å². The highest BCUT2D eigenvalue weighted by atomic mass is 16.3. The molecule has 1 unspecified atom stereocenters. The normalized spacial score (nSPS) is 14.1. The zero-order valence-corrected chi connectivity index (χ0v) is 4.46. The smallest absolute Gasteiger partial charge is 0.0773 e. The first-order valence-electron chi connectivity index (χ1n) is 2.38. The van der Waals surface area contributed by atoms with Crippen molar-refractivity contribution in [1.82, 2.24) is 0 Å². The van der Waals surface area contributed by atoms with Crippen LogP contribution in [0.1, 0.15) is 13.3 Å². The standard InChI is InChI=1S/C5H11O2/c1-2-3-5(7)4-6/h2,5-7H,3-4H2,1H3. The van der Waals surface area contributed by atoms with Crippen LogP contribution in [-0.2, 0) is 0 Å². The second kappa shape index (κ2) is 4.09. The van der Waals surface area contributed by atoms with E-state index in [-0.39, 0.29) is 6.61 Å². The average molecular weight is 103 g/mol. The van der Waals surface area contributed by atoms with Crippen LogP contribution >= 0.6 is 0 Å². The molecule has 7 heavy (non-hydrogen) atoms. The number of hydrogen-bond acceptors (Lipinski definition) is 2. The molecule has 0 heterocycles. The van der Waals surface area contributed by atoms with E-state index in [1.165, 1.54) is 0 Å². The summed E-state index contributed by atoms with van der Waals surface area (Å²) in [5.74, 6) is 0. The fourth-order valence-corrected chi connectivity index (χ4v) is 0.347. The van der Waals surface area contributed by atoms with Crippen LogP contribution in [0.3, 0.4) is 0 Å². The maximum Gasteiger partial charge on any atom is 0.0773 e. The third-order valence-corrected chi connectivity index (χ3v) is 0.719. The van der Waals surface area contributed by atoms with Crippen molar-refractivity contribution in [3.63, 3.8) is 0 Å². The van der Waals surface area contributed by atoms with E-state index in [1.54, 1.807) is 0 Å². The predicted octanol–water partition coefficient (Wildman–Crippen LogP) is -0.0461. The number of hydrogen-bond donors (Lipinski definition) is 2. The first-order chi connectivity index (χ1) is 3.31. The zero-order valence-electron chi connectivity index (χ0n) is 4.46. The topological polar surface area (TPSA) is 40.5 Å². The second-order valence-electron chi connectivity index (χ2n) is 1.48. The van der Waals surface area contributed by atoms with Gasteiger partial charge < -0.3 is 10.2 Å². The van der Waals surface area contributed by atoms with Gasteiger partial charge in [0.1, 0.15) is 0 Å². The first kappa shape index (κ1) is 6.92. The van der Waals surface area contributed by atoms with E-state index in [0.29, 0.717) is 6.42 Å². The van der Waals surface area contributed by atoms with Crippen molar-refractivity contribution in [1.29, 1.82) is 0 Å². The van der Waals surface area contributed by atoms with Crippen molar-refractivity contribution < 1.29 is 10.2 Å². The highest BCUT2D eigenvalue weighted by molar-refractivity contribution is 4.62. The third kappa shape index (κ3) is 3.76. The molecule has 1 radical (unpaired) electrons. The monoisotopic (exact) mass is 103 g/mol. The van der Waals surface area contributed by atoms with Gasteiger partial charge in [-0.15, -0.1) is 0 Å². The van der Waals surface area contributed by atoms with Gasteiger partial charge >= 0.3 is 0 Å².